The van der Waals surface area contributed by atoms with Crippen LogP contribution >= 0.6 is 39.3 Å². The highest BCUT2D eigenvalue weighted by molar-refractivity contribution is 9.10. The monoisotopic (exact) mass is 556 g/mol. The number of rotatable bonds is 7. The van der Waals surface area contributed by atoms with Gasteiger partial charge in [-0.05, 0) is 65.9 Å². The molecule has 9 heteroatoms. The highest BCUT2D eigenvalue weighted by Crippen LogP contribution is 2.34. The fourth-order valence-corrected chi connectivity index (χ4v) is 4.35. The summed E-state index contributed by atoms with van der Waals surface area (Å²) in [6.45, 7) is -0.0491. The summed E-state index contributed by atoms with van der Waals surface area (Å²) < 4.78 is 6.80. The Morgan fingerprint density at radius 1 is 1.03 bits per heavy atom. The van der Waals surface area contributed by atoms with Crippen LogP contribution in [0.2, 0.25) is 5.02 Å². The molecule has 3 aromatic carbocycles. The Bertz CT molecular complexity index is 1260. The molecule has 0 atom stereocenters. The second-order valence-electron chi connectivity index (χ2n) is 7.28. The zero-order valence-electron chi connectivity index (χ0n) is 17.7. The number of imide groups is 1. The molecular weight excluding hydrogens is 540 g/mol. The third-order valence-corrected chi connectivity index (χ3v) is 6.50. The van der Waals surface area contributed by atoms with Crippen molar-refractivity contribution in [1.29, 1.82) is 0 Å². The number of para-hydroxylation sites is 1. The van der Waals surface area contributed by atoms with Gasteiger partial charge in [-0.3, -0.25) is 19.3 Å². The predicted octanol–water partition coefficient (Wildman–Crippen LogP) is 6.36. The fourth-order valence-electron chi connectivity index (χ4n) is 3.13. The van der Waals surface area contributed by atoms with Crippen molar-refractivity contribution in [3.63, 3.8) is 0 Å². The smallest absolute Gasteiger partial charge is 0.294 e. The van der Waals surface area contributed by atoms with Crippen LogP contribution < -0.4 is 10.1 Å². The standard InChI is InChI=1S/C25H18BrClN2O4S/c26-18-7-11-20(12-8-18)28-23(30)14-29-24(31)22(34-25(29)32)13-17-3-1-2-4-21(17)33-15-16-5-9-19(27)10-6-16/h1-13H,14-15H2,(H,28,30)/b22-13+. The van der Waals surface area contributed by atoms with E-state index in [0.717, 1.165) is 26.7 Å². The van der Waals surface area contributed by atoms with Crippen LogP contribution in [0.4, 0.5) is 10.5 Å². The van der Waals surface area contributed by atoms with E-state index in [9.17, 15) is 14.4 Å². The topological polar surface area (TPSA) is 75.7 Å². The molecular formula is C25H18BrClN2O4S. The minimum atomic E-state index is -0.520. The number of nitrogens with zero attached hydrogens (tertiary/aromatic N) is 1. The Morgan fingerprint density at radius 3 is 2.47 bits per heavy atom. The van der Waals surface area contributed by atoms with Crippen LogP contribution in [-0.4, -0.2) is 28.5 Å². The quantitative estimate of drug-likeness (QED) is 0.342. The Balaban J connectivity index is 1.44. The average molecular weight is 558 g/mol. The molecule has 0 unspecified atom stereocenters. The summed E-state index contributed by atoms with van der Waals surface area (Å²) in [6.07, 6.45) is 1.61. The molecule has 1 heterocycles. The van der Waals surface area contributed by atoms with E-state index in [-0.39, 0.29) is 11.4 Å². The lowest BCUT2D eigenvalue weighted by atomic mass is 10.1. The second kappa shape index (κ2) is 10.9. The lowest BCUT2D eigenvalue weighted by Crippen LogP contribution is -2.36. The van der Waals surface area contributed by atoms with Crippen LogP contribution in [-0.2, 0) is 16.2 Å². The van der Waals surface area contributed by atoms with Gasteiger partial charge >= 0.3 is 0 Å². The summed E-state index contributed by atoms with van der Waals surface area (Å²) in [4.78, 5) is 38.8. The SMILES string of the molecule is O=C(CN1C(=O)S/C(=C/c2ccccc2OCc2ccc(Cl)cc2)C1=O)Nc1ccc(Br)cc1. The van der Waals surface area contributed by atoms with Gasteiger partial charge in [-0.2, -0.15) is 0 Å². The number of hydrogen-bond acceptors (Lipinski definition) is 5. The van der Waals surface area contributed by atoms with Gasteiger partial charge in [0, 0.05) is 20.7 Å². The number of thioether (sulfide) groups is 1. The molecule has 3 amide bonds. The van der Waals surface area contributed by atoms with Crippen molar-refractivity contribution in [3.8, 4) is 5.75 Å². The average Bonchev–Trinajstić information content (AvgIpc) is 3.08. The summed E-state index contributed by atoms with van der Waals surface area (Å²) in [5.74, 6) is -0.414. The molecule has 0 saturated carbocycles. The first kappa shape index (κ1) is 24.1. The van der Waals surface area contributed by atoms with Gasteiger partial charge in [0.1, 0.15) is 18.9 Å². The molecule has 1 saturated heterocycles. The molecule has 34 heavy (non-hydrogen) atoms. The highest BCUT2D eigenvalue weighted by atomic mass is 79.9. The molecule has 0 spiro atoms. The summed E-state index contributed by atoms with van der Waals surface area (Å²) in [5, 5.41) is 2.83. The van der Waals surface area contributed by atoms with E-state index in [1.54, 1.807) is 54.6 Å². The molecule has 6 nitrogen and oxygen atoms in total. The third-order valence-electron chi connectivity index (χ3n) is 4.82. The van der Waals surface area contributed by atoms with Crippen LogP contribution in [0.1, 0.15) is 11.1 Å². The van der Waals surface area contributed by atoms with Crippen LogP contribution in [0.15, 0.2) is 82.2 Å². The molecule has 1 aliphatic heterocycles. The number of ether oxygens (including phenoxy) is 1. The van der Waals surface area contributed by atoms with Crippen LogP contribution in [0, 0.1) is 0 Å². The first-order chi connectivity index (χ1) is 16.4. The minimum Gasteiger partial charge on any atom is -0.488 e. The van der Waals surface area contributed by atoms with Crippen molar-refractivity contribution in [1.82, 2.24) is 4.90 Å². The highest BCUT2D eigenvalue weighted by Gasteiger charge is 2.36. The lowest BCUT2D eigenvalue weighted by molar-refractivity contribution is -0.127. The van der Waals surface area contributed by atoms with Gasteiger partial charge in [-0.15, -0.1) is 0 Å². The summed E-state index contributed by atoms with van der Waals surface area (Å²) in [5.41, 5.74) is 2.17. The maximum absolute atomic E-state index is 12.9. The van der Waals surface area contributed by atoms with E-state index in [4.69, 9.17) is 16.3 Å². The van der Waals surface area contributed by atoms with Gasteiger partial charge in [-0.25, -0.2) is 0 Å². The normalized spacial score (nSPS) is 14.5. The van der Waals surface area contributed by atoms with E-state index in [2.05, 4.69) is 21.2 Å². The van der Waals surface area contributed by atoms with Crippen molar-refractivity contribution < 1.29 is 19.1 Å². The van der Waals surface area contributed by atoms with Crippen LogP contribution in [0.5, 0.6) is 5.75 Å². The molecule has 0 radical (unpaired) electrons. The van der Waals surface area contributed by atoms with Crippen molar-refractivity contribution in [2.45, 2.75) is 6.61 Å². The summed E-state index contributed by atoms with van der Waals surface area (Å²) in [7, 11) is 0. The van der Waals surface area contributed by atoms with Crippen molar-refractivity contribution in [2.75, 3.05) is 11.9 Å². The molecule has 1 fully saturated rings. The Hall–Kier alpha value is -3.07. The van der Waals surface area contributed by atoms with E-state index in [1.807, 2.05) is 24.3 Å². The van der Waals surface area contributed by atoms with Crippen molar-refractivity contribution in [2.24, 2.45) is 0 Å². The number of nitrogens with one attached hydrogen (secondary N) is 1. The Kier molecular flexibility index (Phi) is 7.72. The number of halogens is 2. The maximum Gasteiger partial charge on any atom is 0.294 e. The maximum atomic E-state index is 12.9. The molecule has 1 aliphatic rings. The minimum absolute atomic E-state index is 0.226. The predicted molar refractivity (Wildman–Crippen MR) is 138 cm³/mol. The number of hydrogen-bond donors (Lipinski definition) is 1. The van der Waals surface area contributed by atoms with Gasteiger partial charge in [0.2, 0.25) is 5.91 Å². The Labute approximate surface area is 214 Å². The number of carbonyl (C=O) groups excluding carboxylic acids is 3. The van der Waals surface area contributed by atoms with Gasteiger partial charge in [0.05, 0.1) is 4.91 Å². The molecule has 0 aromatic heterocycles. The zero-order chi connectivity index (χ0) is 24.1. The molecule has 0 aliphatic carbocycles. The Morgan fingerprint density at radius 2 is 1.74 bits per heavy atom. The molecule has 3 aromatic rings. The third kappa shape index (κ3) is 6.08. The van der Waals surface area contributed by atoms with Gasteiger partial charge in [0.15, 0.2) is 0 Å². The van der Waals surface area contributed by atoms with Crippen molar-refractivity contribution in [3.05, 3.63) is 98.3 Å². The molecule has 1 N–H and O–H groups in total. The first-order valence-electron chi connectivity index (χ1n) is 10.2. The summed E-state index contributed by atoms with van der Waals surface area (Å²) in [6, 6.07) is 21.5. The molecule has 0 bridgehead atoms. The number of amides is 3. The number of carbonyl (C=O) groups is 3. The first-order valence-corrected chi connectivity index (χ1v) is 12.1. The summed E-state index contributed by atoms with van der Waals surface area (Å²) >= 11 is 10.0. The van der Waals surface area contributed by atoms with E-state index in [0.29, 0.717) is 28.6 Å². The van der Waals surface area contributed by atoms with E-state index in [1.165, 1.54) is 0 Å². The lowest BCUT2D eigenvalue weighted by Gasteiger charge is -2.12. The van der Waals surface area contributed by atoms with Crippen molar-refractivity contribution >= 4 is 68.1 Å². The molecule has 4 rings (SSSR count). The number of benzene rings is 3. The van der Waals surface area contributed by atoms with E-state index < -0.39 is 17.1 Å². The van der Waals surface area contributed by atoms with Gasteiger partial charge < -0.3 is 10.1 Å². The fraction of sp³-hybridized carbons (Fsp3) is 0.0800. The molecule has 172 valence electrons. The largest absolute Gasteiger partial charge is 0.488 e. The van der Waals surface area contributed by atoms with Crippen LogP contribution in [0.3, 0.4) is 0 Å². The zero-order valence-corrected chi connectivity index (χ0v) is 20.8. The second-order valence-corrected chi connectivity index (χ2v) is 9.62. The number of anilines is 1. The van der Waals surface area contributed by atoms with Crippen LogP contribution in [0.25, 0.3) is 6.08 Å². The van der Waals surface area contributed by atoms with E-state index >= 15 is 0 Å². The van der Waals surface area contributed by atoms with Gasteiger partial charge in [0.25, 0.3) is 11.1 Å². The van der Waals surface area contributed by atoms with Gasteiger partial charge in [-0.1, -0.05) is 57.9 Å².